The number of halogens is 18. The Bertz CT molecular complexity index is 2890. The smallest absolute Gasteiger partial charge is 0.458 e. The number of alkyl halides is 18. The van der Waals surface area contributed by atoms with Crippen molar-refractivity contribution in [3.8, 4) is 0 Å². The maximum Gasteiger partial charge on any atom is 0.460 e. The standard InChI is InChI=1S/C44H36F18N4O14S2/c45-37(46,41(53,54)55)39(49,50)43(59,60)81(73,74)65-17-13-63(14-18-65)31(67)25-1-5-27(6-2-25)33(69)77-21-23-79-35(71)29-9-11-30(12-10-29)36(72)80-24-22-78-34(70)28-7-3-26(4-8-28)32(68)64-15-19-66(20-16-64)82(75,76)44(61,62)40(51,52)38(47,48)42(56,57)58/h1-12H,13-24H2. The van der Waals surface area contributed by atoms with Gasteiger partial charge < -0.3 is 28.7 Å². The van der Waals surface area contributed by atoms with Crippen molar-refractivity contribution in [2.45, 2.75) is 46.6 Å². The van der Waals surface area contributed by atoms with Crippen LogP contribution in [-0.4, -0.2) is 196 Å². The molecular formula is C44H36F18N4O14S2. The lowest BCUT2D eigenvalue weighted by Crippen LogP contribution is -2.66. The molecule has 0 saturated carbocycles. The third kappa shape index (κ3) is 12.7. The lowest BCUT2D eigenvalue weighted by atomic mass is 10.1. The van der Waals surface area contributed by atoms with Gasteiger partial charge in [0.05, 0.1) is 22.3 Å². The minimum absolute atomic E-state index is 0.105. The van der Waals surface area contributed by atoms with Crippen molar-refractivity contribution in [2.75, 3.05) is 78.8 Å². The minimum Gasteiger partial charge on any atom is -0.458 e. The van der Waals surface area contributed by atoms with Crippen LogP contribution in [0, 0.1) is 0 Å². The van der Waals surface area contributed by atoms with Crippen molar-refractivity contribution < 1.29 is 144 Å². The molecule has 454 valence electrons. The van der Waals surface area contributed by atoms with Gasteiger partial charge in [-0.1, -0.05) is 0 Å². The second-order valence-corrected chi connectivity index (χ2v) is 21.0. The number of carbonyl (C=O) groups excluding carboxylic acids is 6. The van der Waals surface area contributed by atoms with E-state index < -0.39 is 190 Å². The predicted molar refractivity (Wildman–Crippen MR) is 235 cm³/mol. The van der Waals surface area contributed by atoms with Crippen molar-refractivity contribution in [2.24, 2.45) is 0 Å². The van der Waals surface area contributed by atoms with Crippen LogP contribution in [0.15, 0.2) is 72.8 Å². The van der Waals surface area contributed by atoms with Crippen molar-refractivity contribution >= 4 is 55.7 Å². The Morgan fingerprint density at radius 2 is 0.524 bits per heavy atom. The van der Waals surface area contributed by atoms with Crippen LogP contribution < -0.4 is 0 Å². The van der Waals surface area contributed by atoms with E-state index in [2.05, 4.69) is 0 Å². The number of hydrogen-bond donors (Lipinski definition) is 0. The molecule has 2 aliphatic heterocycles. The summed E-state index contributed by atoms with van der Waals surface area (Å²) in [4.78, 5) is 77.5. The van der Waals surface area contributed by atoms with Crippen molar-refractivity contribution in [1.82, 2.24) is 18.4 Å². The van der Waals surface area contributed by atoms with Gasteiger partial charge in [-0.15, -0.1) is 0 Å². The number of amides is 2. The fraction of sp³-hybridized carbons (Fsp3) is 0.455. The number of benzene rings is 3. The molecule has 0 atom stereocenters. The van der Waals surface area contributed by atoms with E-state index in [1.165, 1.54) is 0 Å². The van der Waals surface area contributed by atoms with Gasteiger partial charge in [-0.25, -0.2) is 36.0 Å². The lowest BCUT2D eigenvalue weighted by molar-refractivity contribution is -0.382. The Balaban J connectivity index is 0.992. The third-order valence-corrected chi connectivity index (χ3v) is 15.7. The van der Waals surface area contributed by atoms with Crippen LogP contribution in [0.4, 0.5) is 79.0 Å². The number of ether oxygens (including phenoxy) is 4. The van der Waals surface area contributed by atoms with Crippen LogP contribution >= 0.6 is 0 Å². The molecule has 38 heteroatoms. The Morgan fingerprint density at radius 1 is 0.329 bits per heavy atom. The summed E-state index contributed by atoms with van der Waals surface area (Å²) in [6.07, 6.45) is -14.5. The number of nitrogens with zero attached hydrogens (tertiary/aromatic N) is 4. The van der Waals surface area contributed by atoms with Crippen LogP contribution in [0.25, 0.3) is 0 Å². The highest BCUT2D eigenvalue weighted by Crippen LogP contribution is 2.57. The number of rotatable bonds is 20. The molecule has 2 aliphatic rings. The number of hydrogen-bond acceptors (Lipinski definition) is 14. The summed E-state index contributed by atoms with van der Waals surface area (Å²) < 4.78 is 308. The largest absolute Gasteiger partial charge is 0.460 e. The molecule has 82 heavy (non-hydrogen) atoms. The summed E-state index contributed by atoms with van der Waals surface area (Å²) in [5, 5.41) is -13.9. The van der Waals surface area contributed by atoms with Gasteiger partial charge in [0.1, 0.15) is 26.4 Å². The third-order valence-electron chi connectivity index (χ3n) is 11.8. The molecule has 2 amide bonds. The zero-order valence-electron chi connectivity index (χ0n) is 40.5. The van der Waals surface area contributed by atoms with Gasteiger partial charge in [0.2, 0.25) is 0 Å². The van der Waals surface area contributed by atoms with Gasteiger partial charge >= 0.3 is 70.4 Å². The molecule has 2 fully saturated rings. The average Bonchev–Trinajstić information content (AvgIpc) is 1.91. The molecule has 3 aromatic carbocycles. The number of esters is 4. The molecule has 0 bridgehead atoms. The molecule has 0 aliphatic carbocycles. The molecular weight excluding hydrogens is 1210 g/mol. The van der Waals surface area contributed by atoms with Gasteiger partial charge in [-0.05, 0) is 72.8 Å². The van der Waals surface area contributed by atoms with E-state index in [9.17, 15) is 125 Å². The Morgan fingerprint density at radius 3 is 0.720 bits per heavy atom. The quantitative estimate of drug-likeness (QED) is 0.0495. The Labute approximate surface area is 448 Å². The monoisotopic (exact) mass is 1250 g/mol. The predicted octanol–water partition coefficient (Wildman–Crippen LogP) is 6.74. The van der Waals surface area contributed by atoms with E-state index in [0.717, 1.165) is 82.6 Å². The minimum atomic E-state index is -7.46. The zero-order chi connectivity index (χ0) is 62.0. The topological polar surface area (TPSA) is 221 Å². The molecule has 18 nitrogen and oxygen atoms in total. The fourth-order valence-electron chi connectivity index (χ4n) is 7.11. The average molecular weight is 1250 g/mol. The second kappa shape index (κ2) is 23.7. The highest BCUT2D eigenvalue weighted by atomic mass is 32.2. The van der Waals surface area contributed by atoms with E-state index in [-0.39, 0.29) is 33.4 Å². The highest BCUT2D eigenvalue weighted by molar-refractivity contribution is 7.90. The van der Waals surface area contributed by atoms with E-state index in [1.807, 2.05) is 0 Å². The summed E-state index contributed by atoms with van der Waals surface area (Å²) >= 11 is 0. The molecule has 0 aromatic heterocycles. The summed E-state index contributed by atoms with van der Waals surface area (Å²) in [6, 6.07) is 13.0. The van der Waals surface area contributed by atoms with E-state index in [0.29, 0.717) is 0 Å². The number of piperazine rings is 2. The van der Waals surface area contributed by atoms with Gasteiger partial charge in [0, 0.05) is 63.5 Å². The number of sulfonamides is 2. The van der Waals surface area contributed by atoms with Crippen LogP contribution in [0.5, 0.6) is 0 Å². The van der Waals surface area contributed by atoms with Crippen LogP contribution in [0.3, 0.4) is 0 Å². The second-order valence-electron chi connectivity index (χ2n) is 17.0. The maximum absolute atomic E-state index is 14.3. The first-order valence-electron chi connectivity index (χ1n) is 22.5. The molecule has 0 spiro atoms. The number of carbonyl (C=O) groups is 6. The maximum atomic E-state index is 14.3. The summed E-state index contributed by atoms with van der Waals surface area (Å²) in [7, 11) is -13.7. The Hall–Kier alpha value is -6.96. The summed E-state index contributed by atoms with van der Waals surface area (Å²) in [5.41, 5.74) is -1.00. The Kier molecular flexibility index (Phi) is 19.0. The van der Waals surface area contributed by atoms with E-state index >= 15 is 0 Å². The molecule has 2 heterocycles. The van der Waals surface area contributed by atoms with Crippen LogP contribution in [0.2, 0.25) is 0 Å². The molecule has 5 rings (SSSR count). The first kappa shape index (κ1) is 65.8. The molecule has 3 aromatic rings. The van der Waals surface area contributed by atoms with Gasteiger partial charge in [-0.3, -0.25) is 9.59 Å². The van der Waals surface area contributed by atoms with Crippen LogP contribution in [0.1, 0.15) is 62.1 Å². The summed E-state index contributed by atoms with van der Waals surface area (Å²) in [6.45, 7) is -10.2. The van der Waals surface area contributed by atoms with E-state index in [4.69, 9.17) is 18.9 Å². The molecule has 2 saturated heterocycles. The SMILES string of the molecule is O=C(OCCOC(=O)c1ccc(C(=O)N2CCN(S(=O)(=O)C(F)(F)C(F)(F)C(F)(F)C(F)(F)F)CC2)cc1)c1ccc(C(=O)OCCOC(=O)c2ccc(C(=O)N3CCN(S(=O)(=O)C(F)(F)C(F)(F)C(F)(F)C(F)(F)F)CC3)cc2)cc1. The lowest BCUT2D eigenvalue weighted by Gasteiger charge is -2.38. The zero-order valence-corrected chi connectivity index (χ0v) is 42.2. The molecule has 0 N–H and O–H groups in total. The van der Waals surface area contributed by atoms with Gasteiger partial charge in [0.15, 0.2) is 0 Å². The van der Waals surface area contributed by atoms with Gasteiger partial charge in [0.25, 0.3) is 31.9 Å². The highest BCUT2D eigenvalue weighted by Gasteiger charge is 2.87. The summed E-state index contributed by atoms with van der Waals surface area (Å²) in [5.74, 6) is -35.6. The normalized spacial score (nSPS) is 16.1. The van der Waals surface area contributed by atoms with Crippen molar-refractivity contribution in [1.29, 1.82) is 0 Å². The molecule has 0 unspecified atom stereocenters. The fourth-order valence-corrected chi connectivity index (χ4v) is 9.95. The van der Waals surface area contributed by atoms with Crippen molar-refractivity contribution in [3.05, 3.63) is 106 Å². The van der Waals surface area contributed by atoms with Crippen LogP contribution in [-0.2, 0) is 39.0 Å². The first-order valence-corrected chi connectivity index (χ1v) is 25.4. The molecule has 0 radical (unpaired) electrons. The first-order chi connectivity index (χ1) is 37.5. The van der Waals surface area contributed by atoms with Crippen molar-refractivity contribution in [3.63, 3.8) is 0 Å². The van der Waals surface area contributed by atoms with Gasteiger partial charge in [-0.2, -0.15) is 87.6 Å². The van der Waals surface area contributed by atoms with E-state index in [1.54, 1.807) is 0 Å².